The summed E-state index contributed by atoms with van der Waals surface area (Å²) < 4.78 is 31.5. The smallest absolute Gasteiger partial charge is 0.443 e. The van der Waals surface area contributed by atoms with Gasteiger partial charge >= 0.3 is 19.3 Å². The number of hydrogen-bond donors (Lipinski definition) is 1. The molecular weight excluding hydrogens is 527 g/mol. The lowest BCUT2D eigenvalue weighted by Crippen LogP contribution is -2.41. The van der Waals surface area contributed by atoms with Crippen LogP contribution in [0.4, 0.5) is 9.59 Å². The van der Waals surface area contributed by atoms with Crippen LogP contribution in [0.1, 0.15) is 72.9 Å². The Kier molecular flexibility index (Phi) is 7.60. The SMILES string of the molecule is CC(C)(C)OC(=O)NC(=O)Oc1ncnc2c1c(B1OC(C)(C)C(C)(C)O1)cn2C1CC(OCc2ccccc2)C1. The molecule has 1 aliphatic carbocycles. The van der Waals surface area contributed by atoms with E-state index < -0.39 is 36.1 Å². The van der Waals surface area contributed by atoms with Crippen LogP contribution in [0.2, 0.25) is 0 Å². The van der Waals surface area contributed by atoms with Crippen LogP contribution in [-0.2, 0) is 25.4 Å². The van der Waals surface area contributed by atoms with Gasteiger partial charge in [0, 0.05) is 17.7 Å². The van der Waals surface area contributed by atoms with Gasteiger partial charge in [0.1, 0.15) is 17.6 Å². The van der Waals surface area contributed by atoms with Gasteiger partial charge < -0.3 is 28.1 Å². The molecule has 0 spiro atoms. The van der Waals surface area contributed by atoms with Gasteiger partial charge in [-0.15, -0.1) is 0 Å². The standard InChI is InChI=1S/C29H37BN4O7/c1-27(2,3)39-26(36)33-25(35)38-24-22-21(30-40-28(4,5)29(6,7)41-30)15-34(23(22)31-17-32-24)19-13-20(14-19)37-16-18-11-9-8-10-12-18/h8-12,15,17,19-20H,13-14,16H2,1-7H3,(H,33,35,36). The number of imide groups is 1. The van der Waals surface area contributed by atoms with E-state index in [1.54, 1.807) is 20.8 Å². The quantitative estimate of drug-likeness (QED) is 0.426. The Morgan fingerprint density at radius 2 is 1.71 bits per heavy atom. The molecule has 3 heterocycles. The summed E-state index contributed by atoms with van der Waals surface area (Å²) >= 11 is 0. The van der Waals surface area contributed by atoms with Gasteiger partial charge in [-0.2, -0.15) is 0 Å². The van der Waals surface area contributed by atoms with E-state index >= 15 is 0 Å². The summed E-state index contributed by atoms with van der Waals surface area (Å²) in [7, 11) is -0.753. The van der Waals surface area contributed by atoms with Crippen molar-refractivity contribution in [2.45, 2.75) is 96.9 Å². The molecule has 3 aromatic rings. The summed E-state index contributed by atoms with van der Waals surface area (Å²) in [4.78, 5) is 33.6. The summed E-state index contributed by atoms with van der Waals surface area (Å²) in [6.07, 6.45) is 2.99. The number of nitrogens with one attached hydrogen (secondary N) is 1. The maximum absolute atomic E-state index is 12.7. The van der Waals surface area contributed by atoms with Gasteiger partial charge in [0.2, 0.25) is 5.88 Å². The summed E-state index contributed by atoms with van der Waals surface area (Å²) in [5.74, 6) is -0.0179. The molecule has 1 saturated carbocycles. The molecule has 0 radical (unpaired) electrons. The van der Waals surface area contributed by atoms with Crippen LogP contribution in [-0.4, -0.2) is 56.7 Å². The molecule has 12 heteroatoms. The van der Waals surface area contributed by atoms with Gasteiger partial charge in [-0.1, -0.05) is 30.3 Å². The number of amides is 2. The van der Waals surface area contributed by atoms with Crippen LogP contribution in [0.25, 0.3) is 11.0 Å². The van der Waals surface area contributed by atoms with Crippen LogP contribution in [0.5, 0.6) is 5.88 Å². The van der Waals surface area contributed by atoms with Crippen LogP contribution >= 0.6 is 0 Å². The molecule has 41 heavy (non-hydrogen) atoms. The zero-order chi connectivity index (χ0) is 29.6. The lowest BCUT2D eigenvalue weighted by atomic mass is 9.79. The third-order valence-corrected chi connectivity index (χ3v) is 7.70. The topological polar surface area (TPSA) is 123 Å². The molecule has 11 nitrogen and oxygen atoms in total. The highest BCUT2D eigenvalue weighted by Crippen LogP contribution is 2.40. The van der Waals surface area contributed by atoms with Crippen molar-refractivity contribution in [3.05, 3.63) is 48.4 Å². The lowest BCUT2D eigenvalue weighted by Gasteiger charge is -2.36. The Labute approximate surface area is 240 Å². The number of benzene rings is 1. The van der Waals surface area contributed by atoms with Gasteiger partial charge in [0.15, 0.2) is 0 Å². The molecule has 2 amide bonds. The van der Waals surface area contributed by atoms with E-state index in [-0.39, 0.29) is 18.0 Å². The predicted molar refractivity (Wildman–Crippen MR) is 152 cm³/mol. The Morgan fingerprint density at radius 1 is 1.05 bits per heavy atom. The second-order valence-corrected chi connectivity index (χ2v) is 12.5. The fourth-order valence-electron chi connectivity index (χ4n) is 4.78. The second kappa shape index (κ2) is 10.7. The number of carbonyl (C=O) groups is 2. The van der Waals surface area contributed by atoms with E-state index in [9.17, 15) is 9.59 Å². The fourth-order valence-corrected chi connectivity index (χ4v) is 4.78. The lowest BCUT2D eigenvalue weighted by molar-refractivity contribution is -0.0347. The zero-order valence-corrected chi connectivity index (χ0v) is 24.6. The highest BCUT2D eigenvalue weighted by atomic mass is 16.7. The van der Waals surface area contributed by atoms with Crippen molar-refractivity contribution >= 4 is 35.8 Å². The van der Waals surface area contributed by atoms with Crippen molar-refractivity contribution in [1.29, 1.82) is 0 Å². The Hall–Kier alpha value is -3.48. The second-order valence-electron chi connectivity index (χ2n) is 12.5. The minimum Gasteiger partial charge on any atom is -0.443 e. The average molecular weight is 564 g/mol. The maximum atomic E-state index is 12.7. The van der Waals surface area contributed by atoms with E-state index in [0.29, 0.717) is 23.1 Å². The molecule has 2 aliphatic rings. The van der Waals surface area contributed by atoms with Crippen molar-refractivity contribution in [2.75, 3.05) is 0 Å². The number of hydrogen-bond acceptors (Lipinski definition) is 9. The molecule has 1 aromatic carbocycles. The number of carbonyl (C=O) groups excluding carboxylic acids is 2. The summed E-state index contributed by atoms with van der Waals surface area (Å²) in [6.45, 7) is 13.5. The normalized spacial score (nSPS) is 21.4. The average Bonchev–Trinajstić information content (AvgIpc) is 3.31. The van der Waals surface area contributed by atoms with Gasteiger partial charge in [0.05, 0.1) is 29.3 Å². The van der Waals surface area contributed by atoms with Crippen LogP contribution in [0.3, 0.4) is 0 Å². The van der Waals surface area contributed by atoms with Gasteiger partial charge in [-0.3, -0.25) is 0 Å². The van der Waals surface area contributed by atoms with Crippen LogP contribution in [0, 0.1) is 0 Å². The predicted octanol–water partition coefficient (Wildman–Crippen LogP) is 4.67. The molecule has 1 N–H and O–H groups in total. The molecule has 218 valence electrons. The van der Waals surface area contributed by atoms with E-state index in [1.807, 2.05) is 68.8 Å². The molecule has 1 saturated heterocycles. The molecule has 2 fully saturated rings. The summed E-state index contributed by atoms with van der Waals surface area (Å²) in [6, 6.07) is 10.2. The molecule has 0 atom stereocenters. The van der Waals surface area contributed by atoms with Crippen molar-refractivity contribution in [3.8, 4) is 5.88 Å². The molecule has 0 bridgehead atoms. The highest BCUT2D eigenvalue weighted by Gasteiger charge is 2.53. The third-order valence-electron chi connectivity index (χ3n) is 7.70. The van der Waals surface area contributed by atoms with Gasteiger partial charge in [-0.05, 0) is 66.9 Å². The van der Waals surface area contributed by atoms with E-state index in [4.69, 9.17) is 23.5 Å². The fraction of sp³-hybridized carbons (Fsp3) is 0.517. The molecule has 2 aromatic heterocycles. The first-order chi connectivity index (χ1) is 19.2. The first kappa shape index (κ1) is 29.0. The molecule has 1 aliphatic heterocycles. The monoisotopic (exact) mass is 564 g/mol. The maximum Gasteiger partial charge on any atom is 0.497 e. The Balaban J connectivity index is 1.40. The number of aromatic nitrogens is 3. The van der Waals surface area contributed by atoms with Crippen molar-refractivity contribution < 1.29 is 33.1 Å². The van der Waals surface area contributed by atoms with E-state index in [1.165, 1.54) is 6.33 Å². The van der Waals surface area contributed by atoms with Crippen molar-refractivity contribution in [3.63, 3.8) is 0 Å². The number of fused-ring (bicyclic) bond motifs is 1. The van der Waals surface area contributed by atoms with Crippen molar-refractivity contribution in [1.82, 2.24) is 19.9 Å². The van der Waals surface area contributed by atoms with Crippen LogP contribution in [0.15, 0.2) is 42.9 Å². The van der Waals surface area contributed by atoms with Crippen LogP contribution < -0.4 is 15.5 Å². The Morgan fingerprint density at radius 3 is 2.34 bits per heavy atom. The summed E-state index contributed by atoms with van der Waals surface area (Å²) in [5, 5.41) is 2.55. The number of rotatable bonds is 6. The minimum atomic E-state index is -1.02. The third kappa shape index (κ3) is 6.24. The Bertz CT molecular complexity index is 1410. The highest BCUT2D eigenvalue weighted by molar-refractivity contribution is 6.65. The van der Waals surface area contributed by atoms with Gasteiger partial charge in [0.25, 0.3) is 0 Å². The molecule has 0 unspecified atom stereocenters. The summed E-state index contributed by atoms with van der Waals surface area (Å²) in [5.41, 5.74) is 0.362. The van der Waals surface area contributed by atoms with E-state index in [0.717, 1.165) is 18.4 Å². The van der Waals surface area contributed by atoms with E-state index in [2.05, 4.69) is 15.3 Å². The number of nitrogens with zero attached hydrogens (tertiary/aromatic N) is 3. The minimum absolute atomic E-state index is 0.0179. The largest absolute Gasteiger partial charge is 0.497 e. The number of ether oxygens (including phenoxy) is 3. The molecule has 5 rings (SSSR count). The first-order valence-corrected chi connectivity index (χ1v) is 13.8. The zero-order valence-electron chi connectivity index (χ0n) is 24.6. The first-order valence-electron chi connectivity index (χ1n) is 13.8. The number of alkyl carbamates (subject to hydrolysis) is 1. The van der Waals surface area contributed by atoms with Gasteiger partial charge in [-0.25, -0.2) is 24.9 Å². The van der Waals surface area contributed by atoms with Crippen molar-refractivity contribution in [2.24, 2.45) is 0 Å². The molecular formula is C29H37BN4O7.